The van der Waals surface area contributed by atoms with Crippen LogP contribution in [0.25, 0.3) is 0 Å². The van der Waals surface area contributed by atoms with Crippen molar-refractivity contribution in [3.8, 4) is 11.5 Å². The minimum absolute atomic E-state index is 0.0222. The summed E-state index contributed by atoms with van der Waals surface area (Å²) in [5.41, 5.74) is 1.59. The highest BCUT2D eigenvalue weighted by Crippen LogP contribution is 2.41. The zero-order valence-corrected chi connectivity index (χ0v) is 18.1. The van der Waals surface area contributed by atoms with E-state index in [0.717, 1.165) is 11.3 Å². The number of hydrogen-bond donors (Lipinski definition) is 1. The van der Waals surface area contributed by atoms with E-state index < -0.39 is 12.0 Å². The molecule has 1 aliphatic heterocycles. The molecule has 2 aromatic carbocycles. The van der Waals surface area contributed by atoms with E-state index in [2.05, 4.69) is 5.32 Å². The number of carbonyl (C=O) groups is 2. The number of ether oxygens (including phenoxy) is 2. The standard InChI is InChI=1S/C25H26N2O5/c1-30-19-9-5-17(6-10-19)24-22(25(29)26-16-21-4-3-15-32-21)13-14-23(28)27(24)18-7-11-20(31-2)12-8-18/h3-12,15,22,24H,13-14,16H2,1-2H3,(H,26,29)/t22-,24+/m0/s1. The van der Waals surface area contributed by atoms with E-state index in [4.69, 9.17) is 13.9 Å². The highest BCUT2D eigenvalue weighted by atomic mass is 16.5. The summed E-state index contributed by atoms with van der Waals surface area (Å²) < 4.78 is 15.9. The van der Waals surface area contributed by atoms with Gasteiger partial charge in [-0.1, -0.05) is 12.1 Å². The van der Waals surface area contributed by atoms with Gasteiger partial charge < -0.3 is 24.1 Å². The lowest BCUT2D eigenvalue weighted by Gasteiger charge is -2.41. The molecule has 2 amide bonds. The van der Waals surface area contributed by atoms with Crippen LogP contribution in [0.3, 0.4) is 0 Å². The van der Waals surface area contributed by atoms with Crippen LogP contribution in [-0.2, 0) is 16.1 Å². The third-order valence-electron chi connectivity index (χ3n) is 5.76. The van der Waals surface area contributed by atoms with Crippen LogP contribution in [0.1, 0.15) is 30.2 Å². The van der Waals surface area contributed by atoms with Gasteiger partial charge in [0.2, 0.25) is 11.8 Å². The largest absolute Gasteiger partial charge is 0.497 e. The maximum Gasteiger partial charge on any atom is 0.227 e. The first-order valence-electron chi connectivity index (χ1n) is 10.5. The van der Waals surface area contributed by atoms with Crippen molar-refractivity contribution in [2.75, 3.05) is 19.1 Å². The second-order valence-electron chi connectivity index (χ2n) is 7.62. The Balaban J connectivity index is 1.68. The number of rotatable bonds is 7. The Kier molecular flexibility index (Phi) is 6.44. The maximum absolute atomic E-state index is 13.2. The predicted octanol–water partition coefficient (Wildman–Crippen LogP) is 4.10. The first kappa shape index (κ1) is 21.5. The number of methoxy groups -OCH3 is 2. The third kappa shape index (κ3) is 4.46. The van der Waals surface area contributed by atoms with Crippen molar-refractivity contribution in [1.82, 2.24) is 5.32 Å². The molecule has 32 heavy (non-hydrogen) atoms. The molecule has 1 N–H and O–H groups in total. The fraction of sp³-hybridized carbons (Fsp3) is 0.280. The summed E-state index contributed by atoms with van der Waals surface area (Å²) >= 11 is 0. The van der Waals surface area contributed by atoms with E-state index in [1.54, 1.807) is 31.4 Å². The quantitative estimate of drug-likeness (QED) is 0.606. The lowest BCUT2D eigenvalue weighted by Crippen LogP contribution is -2.48. The number of anilines is 1. The molecule has 1 fully saturated rings. The van der Waals surface area contributed by atoms with Crippen molar-refractivity contribution in [3.05, 3.63) is 78.3 Å². The molecule has 2 heterocycles. The fourth-order valence-electron chi connectivity index (χ4n) is 4.12. The molecule has 3 aromatic rings. The zero-order valence-electron chi connectivity index (χ0n) is 18.1. The molecule has 0 bridgehead atoms. The van der Waals surface area contributed by atoms with Crippen LogP contribution in [0.5, 0.6) is 11.5 Å². The third-order valence-corrected chi connectivity index (χ3v) is 5.76. The van der Waals surface area contributed by atoms with Gasteiger partial charge in [-0.2, -0.15) is 0 Å². The van der Waals surface area contributed by atoms with Gasteiger partial charge in [0.15, 0.2) is 0 Å². The lowest BCUT2D eigenvalue weighted by atomic mass is 9.83. The second-order valence-corrected chi connectivity index (χ2v) is 7.62. The van der Waals surface area contributed by atoms with Gasteiger partial charge in [-0.15, -0.1) is 0 Å². The second kappa shape index (κ2) is 9.60. The number of piperidine rings is 1. The first-order chi connectivity index (χ1) is 15.6. The Hall–Kier alpha value is -3.74. The Bertz CT molecular complexity index is 1040. The van der Waals surface area contributed by atoms with E-state index in [1.165, 1.54) is 0 Å². The highest BCUT2D eigenvalue weighted by Gasteiger charge is 2.41. The number of amides is 2. The average Bonchev–Trinajstić information content (AvgIpc) is 3.36. The maximum atomic E-state index is 13.2. The molecule has 4 rings (SSSR count). The topological polar surface area (TPSA) is 81.0 Å². The molecule has 0 aliphatic carbocycles. The van der Waals surface area contributed by atoms with E-state index in [1.807, 2.05) is 54.6 Å². The van der Waals surface area contributed by atoms with Gasteiger partial charge in [-0.3, -0.25) is 9.59 Å². The predicted molar refractivity (Wildman–Crippen MR) is 119 cm³/mol. The van der Waals surface area contributed by atoms with Crippen molar-refractivity contribution in [2.24, 2.45) is 5.92 Å². The Morgan fingerprint density at radius 1 is 1.03 bits per heavy atom. The molecule has 7 heteroatoms. The normalized spacial score (nSPS) is 18.3. The molecule has 1 aliphatic rings. The first-order valence-corrected chi connectivity index (χ1v) is 10.5. The lowest BCUT2D eigenvalue weighted by molar-refractivity contribution is -0.129. The molecule has 0 radical (unpaired) electrons. The van der Waals surface area contributed by atoms with E-state index in [0.29, 0.717) is 30.2 Å². The fourth-order valence-corrected chi connectivity index (χ4v) is 4.12. The van der Waals surface area contributed by atoms with Gasteiger partial charge >= 0.3 is 0 Å². The van der Waals surface area contributed by atoms with Crippen molar-refractivity contribution in [1.29, 1.82) is 0 Å². The van der Waals surface area contributed by atoms with Crippen LogP contribution in [-0.4, -0.2) is 26.0 Å². The van der Waals surface area contributed by atoms with Crippen molar-refractivity contribution in [2.45, 2.75) is 25.4 Å². The molecule has 1 aromatic heterocycles. The molecule has 0 unspecified atom stereocenters. The van der Waals surface area contributed by atoms with Crippen LogP contribution in [0.4, 0.5) is 5.69 Å². The minimum Gasteiger partial charge on any atom is -0.497 e. The monoisotopic (exact) mass is 434 g/mol. The van der Waals surface area contributed by atoms with E-state index in [-0.39, 0.29) is 18.2 Å². The number of benzene rings is 2. The molecule has 0 saturated carbocycles. The van der Waals surface area contributed by atoms with Crippen molar-refractivity contribution < 1.29 is 23.5 Å². The van der Waals surface area contributed by atoms with Crippen LogP contribution >= 0.6 is 0 Å². The van der Waals surface area contributed by atoms with Crippen LogP contribution in [0, 0.1) is 5.92 Å². The Labute approximate surface area is 186 Å². The van der Waals surface area contributed by atoms with Gasteiger partial charge in [0.1, 0.15) is 17.3 Å². The van der Waals surface area contributed by atoms with Gasteiger partial charge in [-0.25, -0.2) is 0 Å². The smallest absolute Gasteiger partial charge is 0.227 e. The summed E-state index contributed by atoms with van der Waals surface area (Å²) in [4.78, 5) is 28.1. The SMILES string of the molecule is COc1ccc([C@@H]2[C@@H](C(=O)NCc3ccco3)CCC(=O)N2c2ccc(OC)cc2)cc1. The van der Waals surface area contributed by atoms with Crippen LogP contribution in [0.15, 0.2) is 71.3 Å². The van der Waals surface area contributed by atoms with Gasteiger partial charge in [0.25, 0.3) is 0 Å². The number of nitrogens with zero attached hydrogens (tertiary/aromatic N) is 1. The summed E-state index contributed by atoms with van der Waals surface area (Å²) in [5.74, 6) is 1.54. The molecule has 2 atom stereocenters. The Morgan fingerprint density at radius 2 is 1.69 bits per heavy atom. The average molecular weight is 434 g/mol. The van der Waals surface area contributed by atoms with Gasteiger partial charge in [-0.05, 0) is 60.5 Å². The zero-order chi connectivity index (χ0) is 22.5. The van der Waals surface area contributed by atoms with Crippen LogP contribution in [0.2, 0.25) is 0 Å². The molecular formula is C25H26N2O5. The molecule has 7 nitrogen and oxygen atoms in total. The van der Waals surface area contributed by atoms with Crippen molar-refractivity contribution in [3.63, 3.8) is 0 Å². The number of nitrogens with one attached hydrogen (secondary N) is 1. The number of hydrogen-bond acceptors (Lipinski definition) is 5. The van der Waals surface area contributed by atoms with Gasteiger partial charge in [0.05, 0.1) is 39.0 Å². The Morgan fingerprint density at radius 3 is 2.28 bits per heavy atom. The minimum atomic E-state index is -0.452. The number of furan rings is 1. The summed E-state index contributed by atoms with van der Waals surface area (Å²) in [6.07, 6.45) is 2.33. The van der Waals surface area contributed by atoms with E-state index in [9.17, 15) is 9.59 Å². The number of carbonyl (C=O) groups excluding carboxylic acids is 2. The van der Waals surface area contributed by atoms with Crippen molar-refractivity contribution >= 4 is 17.5 Å². The summed E-state index contributed by atoms with van der Waals surface area (Å²) in [6.45, 7) is 0.300. The van der Waals surface area contributed by atoms with Gasteiger partial charge in [0, 0.05) is 12.1 Å². The molecule has 1 saturated heterocycles. The van der Waals surface area contributed by atoms with E-state index >= 15 is 0 Å². The van der Waals surface area contributed by atoms with Crippen LogP contribution < -0.4 is 19.7 Å². The summed E-state index contributed by atoms with van der Waals surface area (Å²) in [5, 5.41) is 2.97. The summed E-state index contributed by atoms with van der Waals surface area (Å²) in [7, 11) is 3.20. The highest BCUT2D eigenvalue weighted by molar-refractivity contribution is 5.97. The molecule has 0 spiro atoms. The molecule has 166 valence electrons. The molecular weight excluding hydrogens is 408 g/mol. The summed E-state index contributed by atoms with van der Waals surface area (Å²) in [6, 6.07) is 18.0.